The van der Waals surface area contributed by atoms with E-state index in [2.05, 4.69) is 27.4 Å². The van der Waals surface area contributed by atoms with E-state index in [1.807, 2.05) is 0 Å². The fourth-order valence-electron chi connectivity index (χ4n) is 2.20. The van der Waals surface area contributed by atoms with Gasteiger partial charge in [-0.15, -0.1) is 6.58 Å². The number of allylic oxidation sites excluding steroid dienone is 1. The monoisotopic (exact) mass is 180 g/mol. The minimum atomic E-state index is -0.114. The van der Waals surface area contributed by atoms with Crippen LogP contribution in [-0.2, 0) is 4.79 Å². The van der Waals surface area contributed by atoms with Gasteiger partial charge in [0.2, 0.25) is 0 Å². The molecule has 0 heterocycles. The molecule has 1 aliphatic rings. The van der Waals surface area contributed by atoms with Gasteiger partial charge in [0, 0.05) is 11.8 Å². The summed E-state index contributed by atoms with van der Waals surface area (Å²) in [5.74, 6) is 0.955. The Kier molecular flexibility index (Phi) is 2.94. The molecule has 1 fully saturated rings. The number of rotatable bonds is 2. The van der Waals surface area contributed by atoms with E-state index in [9.17, 15) is 4.79 Å². The van der Waals surface area contributed by atoms with Crippen molar-refractivity contribution in [1.29, 1.82) is 0 Å². The zero-order valence-corrected chi connectivity index (χ0v) is 9.02. The van der Waals surface area contributed by atoms with E-state index in [1.54, 1.807) is 0 Å². The topological polar surface area (TPSA) is 17.1 Å². The number of carbonyl (C=O) groups excluding carboxylic acids is 1. The summed E-state index contributed by atoms with van der Waals surface area (Å²) in [5, 5.41) is 0. The standard InChI is InChI=1S/C12H20O/c1-9(2)8-10-6-5-7-11(13)12(10,3)4/h10H,1,5-8H2,2-4H3. The molecule has 1 atom stereocenters. The Morgan fingerprint density at radius 3 is 2.77 bits per heavy atom. The maximum Gasteiger partial charge on any atom is 0.138 e. The smallest absolute Gasteiger partial charge is 0.138 e. The summed E-state index contributed by atoms with van der Waals surface area (Å²) in [5.41, 5.74) is 1.09. The molecule has 1 aliphatic carbocycles. The van der Waals surface area contributed by atoms with Crippen LogP contribution in [0.3, 0.4) is 0 Å². The lowest BCUT2D eigenvalue weighted by Gasteiger charge is -2.37. The first-order chi connectivity index (χ1) is 5.94. The van der Waals surface area contributed by atoms with Crippen molar-refractivity contribution in [3.8, 4) is 0 Å². The SMILES string of the molecule is C=C(C)CC1CCCC(=O)C1(C)C. The molecule has 74 valence electrons. The van der Waals surface area contributed by atoms with Gasteiger partial charge in [0.15, 0.2) is 0 Å². The van der Waals surface area contributed by atoms with Crippen molar-refractivity contribution in [3.05, 3.63) is 12.2 Å². The maximum atomic E-state index is 11.7. The van der Waals surface area contributed by atoms with Crippen molar-refractivity contribution in [2.75, 3.05) is 0 Å². The molecule has 0 amide bonds. The molecule has 0 aromatic rings. The highest BCUT2D eigenvalue weighted by molar-refractivity contribution is 5.85. The number of hydrogen-bond donors (Lipinski definition) is 0. The van der Waals surface area contributed by atoms with Crippen LogP contribution in [0.2, 0.25) is 0 Å². The quantitative estimate of drug-likeness (QED) is 0.596. The van der Waals surface area contributed by atoms with Gasteiger partial charge in [-0.1, -0.05) is 19.4 Å². The summed E-state index contributed by atoms with van der Waals surface area (Å²) in [6, 6.07) is 0. The van der Waals surface area contributed by atoms with Gasteiger partial charge in [-0.05, 0) is 32.1 Å². The van der Waals surface area contributed by atoms with Crippen molar-refractivity contribution in [3.63, 3.8) is 0 Å². The molecule has 0 bridgehead atoms. The third kappa shape index (κ3) is 2.20. The van der Waals surface area contributed by atoms with E-state index in [0.717, 1.165) is 19.3 Å². The molecule has 1 saturated carbocycles. The zero-order chi connectivity index (χ0) is 10.1. The van der Waals surface area contributed by atoms with Crippen molar-refractivity contribution in [2.24, 2.45) is 11.3 Å². The van der Waals surface area contributed by atoms with Gasteiger partial charge in [0.1, 0.15) is 5.78 Å². The first-order valence-electron chi connectivity index (χ1n) is 5.12. The van der Waals surface area contributed by atoms with Gasteiger partial charge >= 0.3 is 0 Å². The summed E-state index contributed by atoms with van der Waals surface area (Å²) in [6.07, 6.45) is 4.05. The number of carbonyl (C=O) groups is 1. The molecule has 1 heteroatoms. The minimum Gasteiger partial charge on any atom is -0.299 e. The predicted octanol–water partition coefficient (Wildman–Crippen LogP) is 3.35. The number of Topliss-reactive ketones (excluding diaryl/α,β-unsaturated/α-hetero) is 1. The lowest BCUT2D eigenvalue weighted by atomic mass is 9.66. The summed E-state index contributed by atoms with van der Waals surface area (Å²) in [6.45, 7) is 10.2. The van der Waals surface area contributed by atoms with Crippen LogP contribution in [0.25, 0.3) is 0 Å². The lowest BCUT2D eigenvalue weighted by molar-refractivity contribution is -0.132. The highest BCUT2D eigenvalue weighted by atomic mass is 16.1. The lowest BCUT2D eigenvalue weighted by Crippen LogP contribution is -2.36. The molecule has 0 saturated heterocycles. The van der Waals surface area contributed by atoms with Gasteiger partial charge in [0.25, 0.3) is 0 Å². The summed E-state index contributed by atoms with van der Waals surface area (Å²) >= 11 is 0. The second-order valence-electron chi connectivity index (χ2n) is 4.90. The molecule has 1 unspecified atom stereocenters. The molecule has 0 spiro atoms. The van der Waals surface area contributed by atoms with Gasteiger partial charge in [0.05, 0.1) is 0 Å². The Bertz CT molecular complexity index is 225. The van der Waals surface area contributed by atoms with Crippen LogP contribution in [0, 0.1) is 11.3 Å². The van der Waals surface area contributed by atoms with Crippen LogP contribution < -0.4 is 0 Å². The minimum absolute atomic E-state index is 0.114. The molecular weight excluding hydrogens is 160 g/mol. The fraction of sp³-hybridized carbons (Fsp3) is 0.750. The van der Waals surface area contributed by atoms with Gasteiger partial charge in [-0.3, -0.25) is 4.79 Å². The highest BCUT2D eigenvalue weighted by Crippen LogP contribution is 2.40. The summed E-state index contributed by atoms with van der Waals surface area (Å²) in [4.78, 5) is 11.7. The van der Waals surface area contributed by atoms with Crippen LogP contribution in [-0.4, -0.2) is 5.78 Å². The highest BCUT2D eigenvalue weighted by Gasteiger charge is 2.38. The van der Waals surface area contributed by atoms with Gasteiger partial charge in [-0.25, -0.2) is 0 Å². The first-order valence-corrected chi connectivity index (χ1v) is 5.12. The molecule has 1 rings (SSSR count). The normalized spacial score (nSPS) is 27.3. The van der Waals surface area contributed by atoms with E-state index in [-0.39, 0.29) is 5.41 Å². The number of ketones is 1. The molecule has 0 N–H and O–H groups in total. The second kappa shape index (κ2) is 3.65. The van der Waals surface area contributed by atoms with Gasteiger partial charge in [-0.2, -0.15) is 0 Å². The third-order valence-electron chi connectivity index (χ3n) is 3.29. The zero-order valence-electron chi connectivity index (χ0n) is 9.02. The summed E-state index contributed by atoms with van der Waals surface area (Å²) < 4.78 is 0. The molecule has 0 aliphatic heterocycles. The van der Waals surface area contributed by atoms with E-state index < -0.39 is 0 Å². The summed E-state index contributed by atoms with van der Waals surface area (Å²) in [7, 11) is 0. The Morgan fingerprint density at radius 2 is 2.23 bits per heavy atom. The van der Waals surface area contributed by atoms with Crippen LogP contribution in [0.4, 0.5) is 0 Å². The van der Waals surface area contributed by atoms with Gasteiger partial charge < -0.3 is 0 Å². The average Bonchev–Trinajstić information content (AvgIpc) is 1.99. The number of hydrogen-bond acceptors (Lipinski definition) is 1. The largest absolute Gasteiger partial charge is 0.299 e. The Labute approximate surface area is 81.2 Å². The van der Waals surface area contributed by atoms with E-state index in [0.29, 0.717) is 11.7 Å². The fourth-order valence-corrected chi connectivity index (χ4v) is 2.20. The Balaban J connectivity index is 2.72. The second-order valence-corrected chi connectivity index (χ2v) is 4.90. The molecule has 0 radical (unpaired) electrons. The van der Waals surface area contributed by atoms with Crippen molar-refractivity contribution >= 4 is 5.78 Å². The van der Waals surface area contributed by atoms with Crippen LogP contribution in [0.5, 0.6) is 0 Å². The predicted molar refractivity (Wildman–Crippen MR) is 55.6 cm³/mol. The van der Waals surface area contributed by atoms with Crippen molar-refractivity contribution in [1.82, 2.24) is 0 Å². The molecule has 0 aromatic heterocycles. The van der Waals surface area contributed by atoms with Crippen LogP contribution in [0.15, 0.2) is 12.2 Å². The maximum absolute atomic E-state index is 11.7. The van der Waals surface area contributed by atoms with E-state index in [1.165, 1.54) is 12.0 Å². The van der Waals surface area contributed by atoms with Crippen molar-refractivity contribution < 1.29 is 4.79 Å². The molecule has 13 heavy (non-hydrogen) atoms. The van der Waals surface area contributed by atoms with E-state index >= 15 is 0 Å². The van der Waals surface area contributed by atoms with E-state index in [4.69, 9.17) is 0 Å². The molecule has 1 nitrogen and oxygen atoms in total. The van der Waals surface area contributed by atoms with Crippen LogP contribution in [0.1, 0.15) is 46.5 Å². The van der Waals surface area contributed by atoms with Crippen molar-refractivity contribution in [2.45, 2.75) is 46.5 Å². The third-order valence-corrected chi connectivity index (χ3v) is 3.29. The average molecular weight is 180 g/mol. The Hall–Kier alpha value is -0.590. The first kappa shape index (κ1) is 10.5. The Morgan fingerprint density at radius 1 is 1.62 bits per heavy atom. The van der Waals surface area contributed by atoms with Crippen LogP contribution >= 0.6 is 0 Å². The molecule has 0 aromatic carbocycles. The molecular formula is C12H20O.